The van der Waals surface area contributed by atoms with Gasteiger partial charge < -0.3 is 0 Å². The van der Waals surface area contributed by atoms with Crippen LogP contribution in [0.15, 0.2) is 255 Å². The normalized spacial score (nSPS) is 12.4. The molecule has 0 aromatic heterocycles. The molecule has 0 saturated heterocycles. The summed E-state index contributed by atoms with van der Waals surface area (Å²) in [4.78, 5) is 0. The second-order valence-corrected chi connectivity index (χ2v) is 19.8. The molecule has 1 aliphatic rings. The van der Waals surface area contributed by atoms with E-state index < -0.39 is 8.07 Å². The number of hydrogen-bond donors (Lipinski definition) is 0. The topological polar surface area (TPSA) is 0 Å². The molecule has 11 rings (SSSR count). The molecule has 10 aromatic carbocycles. The van der Waals surface area contributed by atoms with Crippen molar-refractivity contribution in [1.29, 1.82) is 0 Å². The molecule has 0 aliphatic carbocycles. The Hall–Kier alpha value is -7.58. The van der Waals surface area contributed by atoms with Crippen molar-refractivity contribution >= 4 is 28.8 Å². The first-order valence-corrected chi connectivity index (χ1v) is 23.2. The first kappa shape index (κ1) is 36.5. The van der Waals surface area contributed by atoms with E-state index in [4.69, 9.17) is 0 Å². The third-order valence-electron chi connectivity index (χ3n) is 12.5. The van der Waals surface area contributed by atoms with Crippen LogP contribution in [0, 0.1) is 0 Å². The largest absolute Gasteiger partial charge is 0.180 e. The van der Waals surface area contributed by atoms with Crippen molar-refractivity contribution in [3.63, 3.8) is 0 Å². The molecule has 61 heavy (non-hydrogen) atoms. The van der Waals surface area contributed by atoms with Gasteiger partial charge in [-0.1, -0.05) is 206 Å². The average Bonchev–Trinajstić information content (AvgIpc) is 3.65. The second-order valence-electron chi connectivity index (χ2n) is 16.1. The van der Waals surface area contributed by atoms with Crippen molar-refractivity contribution in [3.05, 3.63) is 255 Å². The van der Waals surface area contributed by atoms with Gasteiger partial charge in [0.25, 0.3) is 0 Å². The molecule has 286 valence electrons. The van der Waals surface area contributed by atoms with E-state index in [-0.39, 0.29) is 0 Å². The lowest BCUT2D eigenvalue weighted by Crippen LogP contribution is -2.72. The van der Waals surface area contributed by atoms with Gasteiger partial charge in [-0.25, -0.2) is 0 Å². The molecule has 1 heterocycles. The number of rotatable bonds is 8. The smallest absolute Gasteiger partial charge is 0.0623 e. The second kappa shape index (κ2) is 15.5. The maximum Gasteiger partial charge on any atom is 0.180 e. The summed E-state index contributed by atoms with van der Waals surface area (Å²) in [5, 5.41) is 5.67. The van der Waals surface area contributed by atoms with Crippen molar-refractivity contribution in [2.45, 2.75) is 0 Å². The zero-order chi connectivity index (χ0) is 40.6. The van der Waals surface area contributed by atoms with Crippen LogP contribution in [0.25, 0.3) is 77.9 Å². The Bertz CT molecular complexity index is 2810. The minimum Gasteiger partial charge on any atom is -0.0623 e. The predicted octanol–water partition coefficient (Wildman–Crippen LogP) is 13.0. The summed E-state index contributed by atoms with van der Waals surface area (Å²) in [7, 11) is -2.73. The van der Waals surface area contributed by atoms with Crippen LogP contribution in [0.1, 0.15) is 0 Å². The summed E-state index contributed by atoms with van der Waals surface area (Å²) in [6, 6.07) is 94.6. The highest BCUT2D eigenvalue weighted by atomic mass is 28.3. The van der Waals surface area contributed by atoms with Crippen molar-refractivity contribution in [3.8, 4) is 77.9 Å². The molecule has 0 nitrogen and oxygen atoms in total. The van der Waals surface area contributed by atoms with E-state index in [1.165, 1.54) is 98.6 Å². The predicted molar refractivity (Wildman–Crippen MR) is 262 cm³/mol. The van der Waals surface area contributed by atoms with Crippen molar-refractivity contribution in [2.24, 2.45) is 0 Å². The summed E-state index contributed by atoms with van der Waals surface area (Å²) in [5.41, 5.74) is 17.2. The Balaban J connectivity index is 1.16. The van der Waals surface area contributed by atoms with Crippen LogP contribution in [-0.2, 0) is 0 Å². The lowest BCUT2D eigenvalue weighted by molar-refractivity contribution is 1.56. The van der Waals surface area contributed by atoms with E-state index in [9.17, 15) is 0 Å². The number of hydrogen-bond acceptors (Lipinski definition) is 0. The Morgan fingerprint density at radius 3 is 0.705 bits per heavy atom. The maximum absolute atomic E-state index is 2.73. The summed E-state index contributed by atoms with van der Waals surface area (Å²) < 4.78 is 0. The highest BCUT2D eigenvalue weighted by Crippen LogP contribution is 2.39. The molecule has 1 heteroatoms. The SMILES string of the molecule is c1ccc(-c2cc(-c3ccccc3)cc(-c3ccc4c(c3)-c3cc(-c5cc(-c6ccccc6)cc(-c6ccccc6)c5)ccc3[Si]4(c3ccccc3)c3ccccc3)c2)cc1. The van der Waals surface area contributed by atoms with Crippen LogP contribution >= 0.6 is 0 Å². The van der Waals surface area contributed by atoms with E-state index >= 15 is 0 Å². The summed E-state index contributed by atoms with van der Waals surface area (Å²) >= 11 is 0. The maximum atomic E-state index is 2.49. The Morgan fingerprint density at radius 2 is 0.426 bits per heavy atom. The molecule has 0 fully saturated rings. The fraction of sp³-hybridized carbons (Fsp3) is 0. The molecule has 0 bridgehead atoms. The highest BCUT2D eigenvalue weighted by Gasteiger charge is 2.48. The van der Waals surface area contributed by atoms with E-state index in [2.05, 4.69) is 255 Å². The van der Waals surface area contributed by atoms with Gasteiger partial charge in [-0.2, -0.15) is 0 Å². The highest BCUT2D eigenvalue weighted by molar-refractivity contribution is 7.22. The van der Waals surface area contributed by atoms with Gasteiger partial charge in [-0.05, 0) is 147 Å². The summed E-state index contributed by atoms with van der Waals surface area (Å²) in [6.07, 6.45) is 0. The van der Waals surface area contributed by atoms with Gasteiger partial charge in [0.15, 0.2) is 8.07 Å². The molecule has 0 unspecified atom stereocenters. The molecule has 0 spiro atoms. The zero-order valence-corrected chi connectivity index (χ0v) is 34.7. The number of benzene rings is 10. The van der Waals surface area contributed by atoms with Crippen LogP contribution in [0.2, 0.25) is 0 Å². The van der Waals surface area contributed by atoms with Gasteiger partial charge in [-0.3, -0.25) is 0 Å². The standard InChI is InChI=1S/C60H42Si/c1-7-19-43(20-8-1)49-35-50(44-21-9-2-10-22-44)38-53(37-49)47-31-33-59-57(41-47)58-42-48(32-34-60(58)61(59,55-27-15-5-16-28-55)56-29-17-6-18-30-56)54-39-51(45-23-11-3-12-24-45)36-52(40-54)46-25-13-4-14-26-46/h1-42H. The van der Waals surface area contributed by atoms with Gasteiger partial charge >= 0.3 is 0 Å². The molecule has 0 atom stereocenters. The van der Waals surface area contributed by atoms with Crippen molar-refractivity contribution < 1.29 is 0 Å². The van der Waals surface area contributed by atoms with Gasteiger partial charge in [0, 0.05) is 0 Å². The molecule has 1 aliphatic heterocycles. The van der Waals surface area contributed by atoms with Crippen LogP contribution < -0.4 is 20.7 Å². The van der Waals surface area contributed by atoms with E-state index in [1.807, 2.05) is 0 Å². The Morgan fingerprint density at radius 1 is 0.180 bits per heavy atom. The summed E-state index contributed by atoms with van der Waals surface area (Å²) in [6.45, 7) is 0. The van der Waals surface area contributed by atoms with Gasteiger partial charge in [0.2, 0.25) is 0 Å². The summed E-state index contributed by atoms with van der Waals surface area (Å²) in [5.74, 6) is 0. The lowest BCUT2D eigenvalue weighted by atomic mass is 9.91. The third kappa shape index (κ3) is 6.57. The van der Waals surface area contributed by atoms with Crippen molar-refractivity contribution in [2.75, 3.05) is 0 Å². The quantitative estimate of drug-likeness (QED) is 0.135. The first-order valence-electron chi connectivity index (χ1n) is 21.2. The van der Waals surface area contributed by atoms with Gasteiger partial charge in [0.1, 0.15) is 0 Å². The zero-order valence-electron chi connectivity index (χ0n) is 33.7. The molecule has 0 radical (unpaired) electrons. The molecule has 0 saturated carbocycles. The van der Waals surface area contributed by atoms with Crippen LogP contribution in [0.4, 0.5) is 0 Å². The molecule has 0 N–H and O–H groups in total. The van der Waals surface area contributed by atoms with E-state index in [0.717, 1.165) is 0 Å². The van der Waals surface area contributed by atoms with Gasteiger partial charge in [-0.15, -0.1) is 0 Å². The van der Waals surface area contributed by atoms with Crippen molar-refractivity contribution in [1.82, 2.24) is 0 Å². The van der Waals surface area contributed by atoms with Crippen LogP contribution in [-0.4, -0.2) is 8.07 Å². The Labute approximate surface area is 359 Å². The van der Waals surface area contributed by atoms with E-state index in [0.29, 0.717) is 0 Å². The average molecular weight is 791 g/mol. The Kier molecular flexibility index (Phi) is 9.30. The minimum atomic E-state index is -2.73. The molecular formula is C60H42Si. The molecule has 10 aromatic rings. The van der Waals surface area contributed by atoms with Crippen LogP contribution in [0.3, 0.4) is 0 Å². The third-order valence-corrected chi connectivity index (χ3v) is 17.4. The fourth-order valence-corrected chi connectivity index (χ4v) is 14.8. The fourth-order valence-electron chi connectivity index (χ4n) is 9.63. The van der Waals surface area contributed by atoms with Crippen LogP contribution in [0.5, 0.6) is 0 Å². The lowest BCUT2D eigenvalue weighted by Gasteiger charge is -2.31. The number of fused-ring (bicyclic) bond motifs is 3. The molecule has 0 amide bonds. The van der Waals surface area contributed by atoms with Gasteiger partial charge in [0.05, 0.1) is 0 Å². The van der Waals surface area contributed by atoms with E-state index in [1.54, 1.807) is 0 Å². The molecular weight excluding hydrogens is 749 g/mol. The monoisotopic (exact) mass is 790 g/mol. The minimum absolute atomic E-state index is 1.21. The first-order chi connectivity index (χ1) is 30.2.